The molecule has 0 unspecified atom stereocenters. The highest BCUT2D eigenvalue weighted by Crippen LogP contribution is 2.40. The number of ether oxygens (including phenoxy) is 1. The fourth-order valence-electron chi connectivity index (χ4n) is 3.53. The number of carbonyl (C=O) groups excluding carboxylic acids is 1. The van der Waals surface area contributed by atoms with Crippen molar-refractivity contribution in [2.45, 2.75) is 65.1 Å². The number of hydrogen-bond donors (Lipinski definition) is 0. The molecular formula is C25H31NO3. The molecule has 1 heterocycles. The second-order valence-electron chi connectivity index (χ2n) is 8.37. The van der Waals surface area contributed by atoms with Crippen molar-refractivity contribution in [3.63, 3.8) is 0 Å². The lowest BCUT2D eigenvalue weighted by molar-refractivity contribution is -0.154. The number of benzene rings is 2. The predicted molar refractivity (Wildman–Crippen MR) is 117 cm³/mol. The first-order chi connectivity index (χ1) is 13.9. The molecule has 0 N–H and O–H groups in total. The van der Waals surface area contributed by atoms with Crippen molar-refractivity contribution < 1.29 is 14.4 Å². The van der Waals surface area contributed by atoms with Crippen molar-refractivity contribution in [1.82, 2.24) is 0 Å². The summed E-state index contributed by atoms with van der Waals surface area (Å²) in [6, 6.07) is 20.2. The monoisotopic (exact) mass is 393 g/mol. The van der Waals surface area contributed by atoms with Gasteiger partial charge in [-0.3, -0.25) is 9.63 Å². The van der Waals surface area contributed by atoms with Crippen LogP contribution in [0.25, 0.3) is 5.70 Å². The highest BCUT2D eigenvalue weighted by molar-refractivity contribution is 5.86. The Kier molecular flexibility index (Phi) is 6.75. The van der Waals surface area contributed by atoms with Gasteiger partial charge in [0.25, 0.3) is 0 Å². The first-order valence-electron chi connectivity index (χ1n) is 10.4. The molecule has 0 radical (unpaired) electrons. The molecule has 0 aromatic heterocycles. The number of para-hydroxylation sites is 1. The third kappa shape index (κ3) is 5.48. The van der Waals surface area contributed by atoms with Gasteiger partial charge in [0.2, 0.25) is 0 Å². The second kappa shape index (κ2) is 9.27. The van der Waals surface area contributed by atoms with Crippen molar-refractivity contribution in [1.29, 1.82) is 0 Å². The normalized spacial score (nSPS) is 17.0. The summed E-state index contributed by atoms with van der Waals surface area (Å²) in [5.41, 5.74) is 3.41. The van der Waals surface area contributed by atoms with Gasteiger partial charge in [0.05, 0.1) is 17.8 Å². The van der Waals surface area contributed by atoms with Gasteiger partial charge in [-0.05, 0) is 44.9 Å². The lowest BCUT2D eigenvalue weighted by Gasteiger charge is -2.22. The molecule has 154 valence electrons. The Balaban J connectivity index is 2.04. The van der Waals surface area contributed by atoms with E-state index in [0.717, 1.165) is 41.8 Å². The molecule has 0 aliphatic carbocycles. The van der Waals surface area contributed by atoms with Gasteiger partial charge >= 0.3 is 5.97 Å². The van der Waals surface area contributed by atoms with E-state index in [4.69, 9.17) is 9.57 Å². The molecule has 2 aromatic rings. The first-order valence-corrected chi connectivity index (χ1v) is 10.4. The van der Waals surface area contributed by atoms with E-state index in [1.807, 2.05) is 74.4 Å². The molecule has 4 nitrogen and oxygen atoms in total. The zero-order chi connectivity index (χ0) is 20.9. The molecular weight excluding hydrogens is 362 g/mol. The van der Waals surface area contributed by atoms with Crippen molar-refractivity contribution in [2.24, 2.45) is 0 Å². The van der Waals surface area contributed by atoms with E-state index >= 15 is 0 Å². The van der Waals surface area contributed by atoms with Gasteiger partial charge in [-0.1, -0.05) is 68.3 Å². The van der Waals surface area contributed by atoms with E-state index in [1.165, 1.54) is 0 Å². The van der Waals surface area contributed by atoms with Crippen molar-refractivity contribution in [2.75, 3.05) is 5.06 Å². The van der Waals surface area contributed by atoms with Gasteiger partial charge in [-0.15, -0.1) is 0 Å². The third-order valence-corrected chi connectivity index (χ3v) is 4.74. The number of carbonyl (C=O) groups is 1. The SMILES string of the molecule is CCCC[C@H]1ON(c2ccccc2)C(c2ccccc2)=C1CC(=O)OC(C)(C)C. The maximum atomic E-state index is 12.7. The lowest BCUT2D eigenvalue weighted by Crippen LogP contribution is -2.25. The van der Waals surface area contributed by atoms with Crippen LogP contribution < -0.4 is 5.06 Å². The number of hydrogen-bond acceptors (Lipinski definition) is 4. The molecule has 0 saturated carbocycles. The molecule has 1 aliphatic heterocycles. The number of unbranched alkanes of at least 4 members (excludes halogenated alkanes) is 1. The van der Waals surface area contributed by atoms with Crippen LogP contribution in [0.1, 0.15) is 58.9 Å². The average Bonchev–Trinajstić information content (AvgIpc) is 3.04. The van der Waals surface area contributed by atoms with Crippen LogP contribution in [0, 0.1) is 0 Å². The predicted octanol–water partition coefficient (Wildman–Crippen LogP) is 6.14. The summed E-state index contributed by atoms with van der Waals surface area (Å²) >= 11 is 0. The Morgan fingerprint density at radius 2 is 1.66 bits per heavy atom. The summed E-state index contributed by atoms with van der Waals surface area (Å²) in [6.45, 7) is 7.85. The van der Waals surface area contributed by atoms with Crippen molar-refractivity contribution >= 4 is 17.4 Å². The van der Waals surface area contributed by atoms with Crippen molar-refractivity contribution in [3.05, 3.63) is 71.8 Å². The lowest BCUT2D eigenvalue weighted by atomic mass is 9.96. The summed E-state index contributed by atoms with van der Waals surface area (Å²) in [6.07, 6.45) is 3.06. The fraction of sp³-hybridized carbons (Fsp3) is 0.400. The molecule has 0 saturated heterocycles. The molecule has 29 heavy (non-hydrogen) atoms. The minimum Gasteiger partial charge on any atom is -0.460 e. The van der Waals surface area contributed by atoms with Crippen LogP contribution in [-0.2, 0) is 14.4 Å². The molecule has 1 atom stereocenters. The average molecular weight is 394 g/mol. The maximum absolute atomic E-state index is 12.7. The van der Waals surface area contributed by atoms with Crippen LogP contribution in [0.5, 0.6) is 0 Å². The van der Waals surface area contributed by atoms with E-state index in [9.17, 15) is 4.79 Å². The van der Waals surface area contributed by atoms with E-state index in [2.05, 4.69) is 19.1 Å². The second-order valence-corrected chi connectivity index (χ2v) is 8.37. The highest BCUT2D eigenvalue weighted by Gasteiger charge is 2.36. The number of anilines is 1. The maximum Gasteiger partial charge on any atom is 0.310 e. The zero-order valence-corrected chi connectivity index (χ0v) is 17.9. The van der Waals surface area contributed by atoms with Crippen LogP contribution in [0.15, 0.2) is 66.2 Å². The Morgan fingerprint density at radius 3 is 2.24 bits per heavy atom. The van der Waals surface area contributed by atoms with Crippen LogP contribution in [-0.4, -0.2) is 17.7 Å². The van der Waals surface area contributed by atoms with Gasteiger partial charge in [0.15, 0.2) is 0 Å². The Bertz CT molecular complexity index is 837. The van der Waals surface area contributed by atoms with Gasteiger partial charge in [0, 0.05) is 5.56 Å². The summed E-state index contributed by atoms with van der Waals surface area (Å²) < 4.78 is 5.63. The molecule has 1 aliphatic rings. The van der Waals surface area contributed by atoms with Crippen LogP contribution in [0.4, 0.5) is 5.69 Å². The minimum atomic E-state index is -0.512. The van der Waals surface area contributed by atoms with Crippen LogP contribution in [0.2, 0.25) is 0 Å². The van der Waals surface area contributed by atoms with Gasteiger partial charge in [-0.2, -0.15) is 0 Å². The third-order valence-electron chi connectivity index (χ3n) is 4.74. The molecule has 3 rings (SSSR count). The molecule has 4 heteroatoms. The summed E-state index contributed by atoms with van der Waals surface area (Å²) in [5, 5.41) is 1.88. The summed E-state index contributed by atoms with van der Waals surface area (Å²) in [5.74, 6) is -0.221. The minimum absolute atomic E-state index is 0.141. The quantitative estimate of drug-likeness (QED) is 0.530. The van der Waals surface area contributed by atoms with E-state index in [1.54, 1.807) is 0 Å². The molecule has 0 amide bonds. The smallest absolute Gasteiger partial charge is 0.310 e. The fourth-order valence-corrected chi connectivity index (χ4v) is 3.53. The van der Waals surface area contributed by atoms with Gasteiger partial charge < -0.3 is 4.74 Å². The molecule has 0 fully saturated rings. The van der Waals surface area contributed by atoms with E-state index < -0.39 is 5.60 Å². The molecule has 0 spiro atoms. The van der Waals surface area contributed by atoms with Gasteiger partial charge in [-0.25, -0.2) is 5.06 Å². The number of hydroxylamine groups is 1. The zero-order valence-electron chi connectivity index (χ0n) is 17.9. The number of rotatable bonds is 7. The molecule has 2 aromatic carbocycles. The number of esters is 1. The van der Waals surface area contributed by atoms with Gasteiger partial charge in [0.1, 0.15) is 11.7 Å². The Morgan fingerprint density at radius 1 is 1.03 bits per heavy atom. The molecule has 0 bridgehead atoms. The van der Waals surface area contributed by atoms with Crippen LogP contribution >= 0.6 is 0 Å². The summed E-state index contributed by atoms with van der Waals surface area (Å²) in [7, 11) is 0. The number of nitrogens with zero attached hydrogens (tertiary/aromatic N) is 1. The Labute approximate surface area is 174 Å². The van der Waals surface area contributed by atoms with E-state index in [0.29, 0.717) is 0 Å². The van der Waals surface area contributed by atoms with Crippen molar-refractivity contribution in [3.8, 4) is 0 Å². The van der Waals surface area contributed by atoms with Crippen LogP contribution in [0.3, 0.4) is 0 Å². The summed E-state index contributed by atoms with van der Waals surface area (Å²) in [4.78, 5) is 19.1. The highest BCUT2D eigenvalue weighted by atomic mass is 16.7. The first kappa shape index (κ1) is 21.1. The Hall–Kier alpha value is -2.59. The topological polar surface area (TPSA) is 38.8 Å². The van der Waals surface area contributed by atoms with E-state index in [-0.39, 0.29) is 18.5 Å². The largest absolute Gasteiger partial charge is 0.460 e. The standard InChI is InChI=1S/C25H31NO3/c1-5-6-17-22-21(18-23(27)28-25(2,3)4)24(19-13-9-7-10-14-19)26(29-22)20-15-11-8-12-16-20/h7-16,22H,5-6,17-18H2,1-4H3/t22-/m1/s1.